The summed E-state index contributed by atoms with van der Waals surface area (Å²) in [6.07, 6.45) is 0.124. The smallest absolute Gasteiger partial charge is 0.270 e. The molecule has 0 aliphatic rings. The summed E-state index contributed by atoms with van der Waals surface area (Å²) in [6.45, 7) is 0. The van der Waals surface area contributed by atoms with Crippen LogP contribution in [0.15, 0.2) is 54.6 Å². The fourth-order valence-corrected chi connectivity index (χ4v) is 2.52. The van der Waals surface area contributed by atoms with Crippen molar-refractivity contribution in [3.05, 3.63) is 75.3 Å². The van der Waals surface area contributed by atoms with E-state index in [4.69, 9.17) is 11.6 Å². The van der Waals surface area contributed by atoms with Crippen molar-refractivity contribution in [3.63, 3.8) is 0 Å². The molecule has 3 aromatic rings. The molecule has 3 rings (SSSR count). The van der Waals surface area contributed by atoms with Crippen LogP contribution < -0.4 is 5.32 Å². The van der Waals surface area contributed by atoms with Gasteiger partial charge in [-0.1, -0.05) is 41.9 Å². The van der Waals surface area contributed by atoms with Gasteiger partial charge < -0.3 is 5.32 Å². The van der Waals surface area contributed by atoms with Crippen LogP contribution in [0.3, 0.4) is 0 Å². The average molecular weight is 357 g/mol. The second kappa shape index (κ2) is 7.14. The number of hydrogen-bond donors (Lipinski definition) is 2. The molecular weight excluding hydrogens is 344 g/mol. The molecule has 0 bridgehead atoms. The van der Waals surface area contributed by atoms with Crippen LogP contribution in [-0.4, -0.2) is 21.0 Å². The second-order valence-corrected chi connectivity index (χ2v) is 5.70. The topological polar surface area (TPSA) is 101 Å². The van der Waals surface area contributed by atoms with Crippen LogP contribution in [0.25, 0.3) is 11.3 Å². The van der Waals surface area contributed by atoms with Crippen LogP contribution in [0.5, 0.6) is 0 Å². The maximum atomic E-state index is 12.1. The Morgan fingerprint density at radius 1 is 1.20 bits per heavy atom. The molecule has 2 aromatic carbocycles. The number of halogens is 1. The van der Waals surface area contributed by atoms with Crippen molar-refractivity contribution in [2.24, 2.45) is 0 Å². The number of non-ortho nitro benzene ring substituents is 1. The van der Waals surface area contributed by atoms with E-state index >= 15 is 0 Å². The normalized spacial score (nSPS) is 10.4. The van der Waals surface area contributed by atoms with Crippen LogP contribution in [0, 0.1) is 10.1 Å². The zero-order valence-corrected chi connectivity index (χ0v) is 13.7. The van der Waals surface area contributed by atoms with Crippen LogP contribution in [0.2, 0.25) is 5.02 Å². The van der Waals surface area contributed by atoms with Gasteiger partial charge >= 0.3 is 0 Å². The lowest BCUT2D eigenvalue weighted by atomic mass is 10.1. The number of nitrogens with zero attached hydrogens (tertiary/aromatic N) is 2. The first-order valence-corrected chi connectivity index (χ1v) is 7.74. The third-order valence-electron chi connectivity index (χ3n) is 3.52. The fraction of sp³-hybridized carbons (Fsp3) is 0.0588. The number of benzene rings is 2. The highest BCUT2D eigenvalue weighted by molar-refractivity contribution is 6.31. The summed E-state index contributed by atoms with van der Waals surface area (Å²) in [6, 6.07) is 14.9. The standard InChI is InChI=1S/C17H13ClN4O3/c18-14-7-2-1-4-11(14)9-17(23)19-16-10-15(20-21-16)12-5-3-6-13(8-12)22(24)25/h1-8,10H,9H2,(H2,19,20,21,23). The molecule has 0 aliphatic carbocycles. The second-order valence-electron chi connectivity index (χ2n) is 5.29. The minimum atomic E-state index is -0.466. The quantitative estimate of drug-likeness (QED) is 0.536. The first kappa shape index (κ1) is 16.7. The Morgan fingerprint density at radius 3 is 2.76 bits per heavy atom. The summed E-state index contributed by atoms with van der Waals surface area (Å²) < 4.78 is 0. The number of rotatable bonds is 5. The molecule has 0 saturated carbocycles. The van der Waals surface area contributed by atoms with Gasteiger partial charge in [0.15, 0.2) is 5.82 Å². The Bertz CT molecular complexity index is 939. The number of nitro groups is 1. The SMILES string of the molecule is O=C(Cc1ccccc1Cl)Nc1cc(-c2cccc([N+](=O)[O-])c2)[nH]n1. The third-order valence-corrected chi connectivity index (χ3v) is 3.89. The molecule has 1 aromatic heterocycles. The van der Waals surface area contributed by atoms with Crippen LogP contribution in [-0.2, 0) is 11.2 Å². The van der Waals surface area contributed by atoms with E-state index in [1.165, 1.54) is 12.1 Å². The van der Waals surface area contributed by atoms with E-state index in [0.717, 1.165) is 5.56 Å². The van der Waals surface area contributed by atoms with Gasteiger partial charge in [0.05, 0.1) is 17.0 Å². The van der Waals surface area contributed by atoms with E-state index in [9.17, 15) is 14.9 Å². The molecule has 1 amide bonds. The highest BCUT2D eigenvalue weighted by atomic mass is 35.5. The van der Waals surface area contributed by atoms with E-state index in [2.05, 4.69) is 15.5 Å². The van der Waals surface area contributed by atoms with Gasteiger partial charge in [0.1, 0.15) is 0 Å². The van der Waals surface area contributed by atoms with Gasteiger partial charge in [-0.3, -0.25) is 20.0 Å². The molecule has 8 heteroatoms. The van der Waals surface area contributed by atoms with Crippen molar-refractivity contribution in [2.45, 2.75) is 6.42 Å². The van der Waals surface area contributed by atoms with E-state index in [-0.39, 0.29) is 18.0 Å². The number of aromatic nitrogens is 2. The zero-order valence-electron chi connectivity index (χ0n) is 12.9. The largest absolute Gasteiger partial charge is 0.309 e. The van der Waals surface area contributed by atoms with Gasteiger partial charge in [0.2, 0.25) is 5.91 Å². The molecule has 7 nitrogen and oxygen atoms in total. The molecule has 126 valence electrons. The molecule has 0 atom stereocenters. The Morgan fingerprint density at radius 2 is 2.00 bits per heavy atom. The highest BCUT2D eigenvalue weighted by Crippen LogP contribution is 2.24. The maximum absolute atomic E-state index is 12.1. The van der Waals surface area contributed by atoms with E-state index in [1.54, 1.807) is 36.4 Å². The van der Waals surface area contributed by atoms with Crippen LogP contribution in [0.4, 0.5) is 11.5 Å². The predicted octanol–water partition coefficient (Wildman–Crippen LogP) is 3.82. The lowest BCUT2D eigenvalue weighted by molar-refractivity contribution is -0.384. The lowest BCUT2D eigenvalue weighted by Gasteiger charge is -2.03. The summed E-state index contributed by atoms with van der Waals surface area (Å²) in [5.74, 6) is 0.0729. The van der Waals surface area contributed by atoms with Gasteiger partial charge in [-0.05, 0) is 11.6 Å². The van der Waals surface area contributed by atoms with Crippen molar-refractivity contribution in [2.75, 3.05) is 5.32 Å². The Balaban J connectivity index is 1.71. The Labute approximate surface area is 147 Å². The fourth-order valence-electron chi connectivity index (χ4n) is 2.32. The molecule has 0 aliphatic heterocycles. The number of carbonyl (C=O) groups is 1. The molecule has 1 heterocycles. The van der Waals surface area contributed by atoms with Gasteiger partial charge in [0, 0.05) is 28.8 Å². The highest BCUT2D eigenvalue weighted by Gasteiger charge is 2.12. The number of nitro benzene ring substituents is 1. The van der Waals surface area contributed by atoms with Crippen molar-refractivity contribution >= 4 is 29.0 Å². The first-order chi connectivity index (χ1) is 12.0. The summed E-state index contributed by atoms with van der Waals surface area (Å²) in [5.41, 5.74) is 1.87. The van der Waals surface area contributed by atoms with Crippen molar-refractivity contribution < 1.29 is 9.72 Å². The van der Waals surface area contributed by atoms with Gasteiger partial charge in [-0.25, -0.2) is 0 Å². The first-order valence-electron chi connectivity index (χ1n) is 7.36. The number of aromatic amines is 1. The van der Waals surface area contributed by atoms with E-state index < -0.39 is 4.92 Å². The third kappa shape index (κ3) is 4.02. The number of amides is 1. The van der Waals surface area contributed by atoms with Gasteiger partial charge in [0.25, 0.3) is 5.69 Å². The molecule has 0 fully saturated rings. The lowest BCUT2D eigenvalue weighted by Crippen LogP contribution is -2.14. The minimum Gasteiger partial charge on any atom is -0.309 e. The van der Waals surface area contributed by atoms with Crippen molar-refractivity contribution in [3.8, 4) is 11.3 Å². The zero-order chi connectivity index (χ0) is 17.8. The Kier molecular flexibility index (Phi) is 4.76. The van der Waals surface area contributed by atoms with Crippen molar-refractivity contribution in [1.82, 2.24) is 10.2 Å². The number of nitrogens with one attached hydrogen (secondary N) is 2. The number of anilines is 1. The number of hydrogen-bond acceptors (Lipinski definition) is 4. The summed E-state index contributed by atoms with van der Waals surface area (Å²) in [7, 11) is 0. The molecular formula is C17H13ClN4O3. The van der Waals surface area contributed by atoms with Gasteiger partial charge in [-0.15, -0.1) is 0 Å². The molecule has 0 radical (unpaired) electrons. The van der Waals surface area contributed by atoms with Crippen molar-refractivity contribution in [1.29, 1.82) is 0 Å². The number of H-pyrrole nitrogens is 1. The summed E-state index contributed by atoms with van der Waals surface area (Å²) in [4.78, 5) is 22.5. The average Bonchev–Trinajstić information content (AvgIpc) is 3.05. The number of carbonyl (C=O) groups excluding carboxylic acids is 1. The predicted molar refractivity (Wildman–Crippen MR) is 94.5 cm³/mol. The van der Waals surface area contributed by atoms with Crippen LogP contribution in [0.1, 0.15) is 5.56 Å². The van der Waals surface area contributed by atoms with Gasteiger partial charge in [-0.2, -0.15) is 5.10 Å². The summed E-state index contributed by atoms with van der Waals surface area (Å²) >= 11 is 6.04. The Hall–Kier alpha value is -3.19. The maximum Gasteiger partial charge on any atom is 0.270 e. The molecule has 0 spiro atoms. The minimum absolute atomic E-state index is 0.0172. The monoisotopic (exact) mass is 356 g/mol. The van der Waals surface area contributed by atoms with Crippen LogP contribution >= 0.6 is 11.6 Å². The summed E-state index contributed by atoms with van der Waals surface area (Å²) in [5, 5.41) is 20.8. The molecule has 2 N–H and O–H groups in total. The van der Waals surface area contributed by atoms with E-state index in [1.807, 2.05) is 6.07 Å². The molecule has 0 unspecified atom stereocenters. The molecule has 0 saturated heterocycles. The molecule has 25 heavy (non-hydrogen) atoms. The van der Waals surface area contributed by atoms with E-state index in [0.29, 0.717) is 22.1 Å².